The predicted molar refractivity (Wildman–Crippen MR) is 128 cm³/mol. The molecule has 1 amide bonds. The van der Waals surface area contributed by atoms with Crippen LogP contribution in [0, 0.1) is 29.5 Å². The Hall–Kier alpha value is -3.88. The summed E-state index contributed by atoms with van der Waals surface area (Å²) in [6.45, 7) is 1.99. The van der Waals surface area contributed by atoms with Crippen molar-refractivity contribution in [2.45, 2.75) is 25.9 Å². The molecule has 6 rings (SSSR count). The molecule has 5 atom stereocenters. The molecule has 3 aromatic heterocycles. The molecule has 1 N–H and O–H groups in total. The second-order valence-corrected chi connectivity index (χ2v) is 9.56. The lowest BCUT2D eigenvalue weighted by Crippen LogP contribution is -2.26. The number of benzene rings is 1. The number of aryl methyl sites for hydroxylation is 1. The van der Waals surface area contributed by atoms with Gasteiger partial charge in [-0.05, 0) is 67.0 Å². The molecule has 0 bridgehead atoms. The average Bonchev–Trinajstić information content (AvgIpc) is 3.15. The number of hydrogen-bond acceptors (Lipinski definition) is 6. The summed E-state index contributed by atoms with van der Waals surface area (Å²) in [7, 11) is 1.87. The number of aromatic nitrogens is 5. The first-order valence-corrected chi connectivity index (χ1v) is 11.8. The molecule has 2 aliphatic carbocycles. The van der Waals surface area contributed by atoms with Gasteiger partial charge in [0.15, 0.2) is 5.82 Å². The van der Waals surface area contributed by atoms with E-state index in [0.717, 1.165) is 24.2 Å². The lowest BCUT2D eigenvalue weighted by Gasteiger charge is -2.20. The number of pyridine rings is 2. The Morgan fingerprint density at radius 1 is 1.17 bits per heavy atom. The van der Waals surface area contributed by atoms with Crippen LogP contribution in [0.2, 0.25) is 0 Å². The summed E-state index contributed by atoms with van der Waals surface area (Å²) in [6.07, 6.45) is 6.88. The zero-order valence-corrected chi connectivity index (χ0v) is 19.4. The van der Waals surface area contributed by atoms with Crippen LogP contribution in [0.5, 0.6) is 5.75 Å². The second kappa shape index (κ2) is 8.41. The second-order valence-electron chi connectivity index (χ2n) is 9.56. The number of fused-ring (bicyclic) bond motifs is 2. The summed E-state index contributed by atoms with van der Waals surface area (Å²) >= 11 is 0. The van der Waals surface area contributed by atoms with E-state index in [-0.39, 0.29) is 23.7 Å². The summed E-state index contributed by atoms with van der Waals surface area (Å²) in [5, 5.41) is 11.6. The number of carbonyl (C=O) groups excluding carboxylic acids is 1. The van der Waals surface area contributed by atoms with E-state index in [1.165, 1.54) is 12.1 Å². The van der Waals surface area contributed by atoms with Crippen LogP contribution in [-0.4, -0.2) is 36.7 Å². The smallest absolute Gasteiger partial charge is 0.228 e. The molecule has 178 valence electrons. The SMILES string of the molecule is CC(C(=O)Nc1ccc(-c2nncn2C)cn1)[C@H]1[C@@H]2C[C@@H](Oc3ccnc4ccc(F)cc34)C[C@@H]21. The third-order valence-electron chi connectivity index (χ3n) is 7.40. The summed E-state index contributed by atoms with van der Waals surface area (Å²) in [4.78, 5) is 21.6. The highest BCUT2D eigenvalue weighted by Gasteiger charge is 2.59. The quantitative estimate of drug-likeness (QED) is 0.451. The van der Waals surface area contributed by atoms with Gasteiger partial charge in [0.25, 0.3) is 0 Å². The number of nitrogens with one attached hydrogen (secondary N) is 1. The zero-order chi connectivity index (χ0) is 24.1. The molecule has 8 nitrogen and oxygen atoms in total. The fraction of sp³-hybridized carbons (Fsp3) is 0.346. The molecule has 35 heavy (non-hydrogen) atoms. The molecule has 4 aromatic rings. The van der Waals surface area contributed by atoms with Crippen LogP contribution < -0.4 is 10.1 Å². The highest BCUT2D eigenvalue weighted by Crippen LogP contribution is 2.61. The molecule has 1 unspecified atom stereocenters. The van der Waals surface area contributed by atoms with Gasteiger partial charge in [0.1, 0.15) is 23.7 Å². The molecular formula is C26H25FN6O2. The van der Waals surface area contributed by atoms with Gasteiger partial charge in [-0.15, -0.1) is 10.2 Å². The number of anilines is 1. The standard InChI is InChI=1S/C26H25FN6O2/c1-14(26(34)31-23-6-3-15(12-29-23)25-32-30-13-33(25)2)24-18-10-17(11-19(18)24)35-22-7-8-28-21-5-4-16(27)9-20(21)22/h3-9,12-14,17-19,24H,10-11H2,1-2H3,(H,29,31,34)/t14?,17-,18-,19+,24+. The van der Waals surface area contributed by atoms with Crippen LogP contribution in [-0.2, 0) is 11.8 Å². The number of amides is 1. The van der Waals surface area contributed by atoms with Crippen LogP contribution in [0.15, 0.2) is 55.1 Å². The molecule has 1 aromatic carbocycles. The Balaban J connectivity index is 1.05. The molecule has 0 spiro atoms. The van der Waals surface area contributed by atoms with Crippen molar-refractivity contribution in [3.63, 3.8) is 0 Å². The molecule has 2 fully saturated rings. The number of ether oxygens (including phenoxy) is 1. The highest BCUT2D eigenvalue weighted by atomic mass is 19.1. The van der Waals surface area contributed by atoms with Crippen molar-refractivity contribution in [1.82, 2.24) is 24.7 Å². The van der Waals surface area contributed by atoms with Crippen molar-refractivity contribution in [3.05, 3.63) is 60.9 Å². The third-order valence-corrected chi connectivity index (χ3v) is 7.40. The molecule has 2 aliphatic rings. The number of nitrogens with zero attached hydrogens (tertiary/aromatic N) is 5. The maximum Gasteiger partial charge on any atom is 0.228 e. The van der Waals surface area contributed by atoms with Crippen molar-refractivity contribution in [3.8, 4) is 17.1 Å². The van der Waals surface area contributed by atoms with Gasteiger partial charge in [-0.1, -0.05) is 6.92 Å². The maximum absolute atomic E-state index is 13.7. The molecule has 0 radical (unpaired) electrons. The third kappa shape index (κ3) is 4.00. The van der Waals surface area contributed by atoms with Gasteiger partial charge >= 0.3 is 0 Å². The van der Waals surface area contributed by atoms with E-state index in [2.05, 4.69) is 25.5 Å². The largest absolute Gasteiger partial charge is 0.490 e. The Kier molecular flexibility index (Phi) is 5.20. The number of halogens is 1. The van der Waals surface area contributed by atoms with E-state index in [1.807, 2.05) is 24.6 Å². The number of rotatable bonds is 6. The van der Waals surface area contributed by atoms with Crippen LogP contribution in [0.25, 0.3) is 22.3 Å². The van der Waals surface area contributed by atoms with Gasteiger partial charge < -0.3 is 14.6 Å². The van der Waals surface area contributed by atoms with Gasteiger partial charge in [-0.3, -0.25) is 9.78 Å². The molecule has 3 heterocycles. The summed E-state index contributed by atoms with van der Waals surface area (Å²) in [6, 6.07) is 9.99. The van der Waals surface area contributed by atoms with E-state index in [0.29, 0.717) is 40.2 Å². The Morgan fingerprint density at radius 3 is 2.71 bits per heavy atom. The van der Waals surface area contributed by atoms with Gasteiger partial charge in [0.2, 0.25) is 5.91 Å². The number of hydrogen-bond donors (Lipinski definition) is 1. The lowest BCUT2D eigenvalue weighted by atomic mass is 9.97. The Bertz CT molecular complexity index is 1390. The maximum atomic E-state index is 13.7. The molecule has 2 saturated carbocycles. The van der Waals surface area contributed by atoms with Crippen molar-refractivity contribution in [2.75, 3.05) is 5.32 Å². The fourth-order valence-electron chi connectivity index (χ4n) is 5.61. The zero-order valence-electron chi connectivity index (χ0n) is 19.4. The Morgan fingerprint density at radius 2 is 2.00 bits per heavy atom. The van der Waals surface area contributed by atoms with Crippen LogP contribution in [0.4, 0.5) is 10.2 Å². The van der Waals surface area contributed by atoms with Gasteiger partial charge in [-0.2, -0.15) is 0 Å². The van der Waals surface area contributed by atoms with Crippen LogP contribution in [0.1, 0.15) is 19.8 Å². The minimum Gasteiger partial charge on any atom is -0.490 e. The van der Waals surface area contributed by atoms with Crippen molar-refractivity contribution in [1.29, 1.82) is 0 Å². The Labute approximate surface area is 201 Å². The molecule has 0 saturated heterocycles. The average molecular weight is 473 g/mol. The first-order chi connectivity index (χ1) is 17.0. The topological polar surface area (TPSA) is 94.8 Å². The van der Waals surface area contributed by atoms with Crippen LogP contribution in [0.3, 0.4) is 0 Å². The lowest BCUT2D eigenvalue weighted by molar-refractivity contribution is -0.120. The van der Waals surface area contributed by atoms with Crippen LogP contribution >= 0.6 is 0 Å². The van der Waals surface area contributed by atoms with E-state index in [1.54, 1.807) is 36.9 Å². The van der Waals surface area contributed by atoms with Gasteiger partial charge in [0.05, 0.1) is 11.6 Å². The van der Waals surface area contributed by atoms with E-state index in [4.69, 9.17) is 4.74 Å². The van der Waals surface area contributed by atoms with E-state index < -0.39 is 0 Å². The molecule has 9 heteroatoms. The first-order valence-electron chi connectivity index (χ1n) is 11.8. The minimum atomic E-state index is -0.303. The van der Waals surface area contributed by atoms with Crippen molar-refractivity contribution < 1.29 is 13.9 Å². The van der Waals surface area contributed by atoms with E-state index in [9.17, 15) is 9.18 Å². The predicted octanol–water partition coefficient (Wildman–Crippen LogP) is 4.24. The van der Waals surface area contributed by atoms with Gasteiger partial charge in [0, 0.05) is 36.3 Å². The first kappa shape index (κ1) is 21.6. The summed E-state index contributed by atoms with van der Waals surface area (Å²) in [5.74, 6) is 2.76. The van der Waals surface area contributed by atoms with Gasteiger partial charge in [-0.25, -0.2) is 9.37 Å². The van der Waals surface area contributed by atoms with E-state index >= 15 is 0 Å². The monoisotopic (exact) mass is 472 g/mol. The molecular weight excluding hydrogens is 447 g/mol. The summed E-state index contributed by atoms with van der Waals surface area (Å²) < 4.78 is 21.8. The normalized spacial score (nSPS) is 23.6. The molecule has 0 aliphatic heterocycles. The van der Waals surface area contributed by atoms with Crippen molar-refractivity contribution in [2.24, 2.45) is 30.7 Å². The highest BCUT2D eigenvalue weighted by molar-refractivity contribution is 5.92. The fourth-order valence-corrected chi connectivity index (χ4v) is 5.61. The number of carbonyl (C=O) groups is 1. The van der Waals surface area contributed by atoms with Crippen molar-refractivity contribution >= 4 is 22.6 Å². The summed E-state index contributed by atoms with van der Waals surface area (Å²) in [5.41, 5.74) is 1.55. The minimum absolute atomic E-state index is 0.0172.